The summed E-state index contributed by atoms with van der Waals surface area (Å²) in [5.41, 5.74) is 1.99. The lowest BCUT2D eigenvalue weighted by Gasteiger charge is -2.27. The number of hydrogen-bond acceptors (Lipinski definition) is 6. The predicted octanol–water partition coefficient (Wildman–Crippen LogP) is 5.02. The van der Waals surface area contributed by atoms with E-state index in [1.807, 2.05) is 31.2 Å². The second-order valence-electron chi connectivity index (χ2n) is 7.83. The molecule has 1 unspecified atom stereocenters. The summed E-state index contributed by atoms with van der Waals surface area (Å²) in [5.74, 6) is -1.38. The Hall–Kier alpha value is -3.29. The summed E-state index contributed by atoms with van der Waals surface area (Å²) < 4.78 is 16.3. The number of rotatable bonds is 8. The molecule has 4 rings (SSSR count). The minimum Gasteiger partial charge on any atom is -0.503 e. The number of nitrogens with zero attached hydrogens (tertiary/aromatic N) is 1. The molecule has 0 radical (unpaired) electrons. The highest BCUT2D eigenvalue weighted by Gasteiger charge is 2.44. The van der Waals surface area contributed by atoms with Crippen LogP contribution in [-0.2, 0) is 9.53 Å². The van der Waals surface area contributed by atoms with E-state index in [1.54, 1.807) is 25.3 Å². The number of fused-ring (bicyclic) bond motifs is 1. The van der Waals surface area contributed by atoms with Crippen LogP contribution in [0.15, 0.2) is 58.2 Å². The zero-order valence-corrected chi connectivity index (χ0v) is 19.3. The molecule has 33 heavy (non-hydrogen) atoms. The van der Waals surface area contributed by atoms with Gasteiger partial charge in [0.05, 0.1) is 18.7 Å². The summed E-state index contributed by atoms with van der Waals surface area (Å²) in [6, 6.07) is 11.5. The van der Waals surface area contributed by atoms with Crippen molar-refractivity contribution in [2.45, 2.75) is 19.4 Å². The van der Waals surface area contributed by atoms with E-state index in [2.05, 4.69) is 0 Å². The number of ketones is 1. The maximum Gasteiger partial charge on any atom is 0.290 e. The zero-order chi connectivity index (χ0) is 23.7. The number of methoxy groups -OCH3 is 2. The van der Waals surface area contributed by atoms with E-state index in [0.717, 1.165) is 11.1 Å². The molecule has 3 aromatic rings. The van der Waals surface area contributed by atoms with Crippen molar-refractivity contribution < 1.29 is 28.6 Å². The summed E-state index contributed by atoms with van der Waals surface area (Å²) in [6.45, 7) is 2.66. The maximum atomic E-state index is 13.6. The smallest absolute Gasteiger partial charge is 0.290 e. The Morgan fingerprint density at radius 1 is 1.21 bits per heavy atom. The molecule has 172 valence electrons. The molecule has 1 N–H and O–H groups in total. The van der Waals surface area contributed by atoms with Crippen LogP contribution in [0.2, 0.25) is 5.02 Å². The standard InChI is InChI=1S/C25H24ClNO6/c1-14-7-4-5-8-17(14)21-20(23(29)25(30)27(21)9-6-10-31-2)22(28)18-12-15-11-16(26)13-19(32-3)24(15)33-18/h4-5,7-8,11-13,21,29H,6,9-10H2,1-3H3. The fourth-order valence-corrected chi connectivity index (χ4v) is 4.41. The van der Waals surface area contributed by atoms with Crippen LogP contribution in [0.25, 0.3) is 11.0 Å². The molecule has 7 nitrogen and oxygen atoms in total. The van der Waals surface area contributed by atoms with Crippen molar-refractivity contribution in [1.82, 2.24) is 4.90 Å². The first-order valence-electron chi connectivity index (χ1n) is 10.5. The number of amides is 1. The van der Waals surface area contributed by atoms with E-state index in [-0.39, 0.29) is 11.3 Å². The zero-order valence-electron chi connectivity index (χ0n) is 18.6. The SMILES string of the molecule is COCCCN1C(=O)C(O)=C(C(=O)c2cc3cc(Cl)cc(OC)c3o2)C1c1ccccc1C. The van der Waals surface area contributed by atoms with Crippen molar-refractivity contribution in [3.05, 3.63) is 75.7 Å². The van der Waals surface area contributed by atoms with Crippen molar-refractivity contribution in [1.29, 1.82) is 0 Å². The van der Waals surface area contributed by atoms with Gasteiger partial charge in [-0.15, -0.1) is 0 Å². The van der Waals surface area contributed by atoms with Crippen molar-refractivity contribution in [2.75, 3.05) is 27.4 Å². The summed E-state index contributed by atoms with van der Waals surface area (Å²) in [4.78, 5) is 28.2. The van der Waals surface area contributed by atoms with Gasteiger partial charge in [0.15, 0.2) is 22.9 Å². The van der Waals surface area contributed by atoms with E-state index in [9.17, 15) is 14.7 Å². The number of ether oxygens (including phenoxy) is 2. The summed E-state index contributed by atoms with van der Waals surface area (Å²) in [7, 11) is 3.06. The Balaban J connectivity index is 1.81. The number of carbonyl (C=O) groups is 2. The van der Waals surface area contributed by atoms with Gasteiger partial charge in [-0.25, -0.2) is 0 Å². The third-order valence-electron chi connectivity index (χ3n) is 5.77. The van der Waals surface area contributed by atoms with Crippen LogP contribution < -0.4 is 4.74 Å². The van der Waals surface area contributed by atoms with Gasteiger partial charge in [0.1, 0.15) is 0 Å². The van der Waals surface area contributed by atoms with Crippen LogP contribution in [0, 0.1) is 6.92 Å². The highest BCUT2D eigenvalue weighted by atomic mass is 35.5. The van der Waals surface area contributed by atoms with E-state index in [1.165, 1.54) is 12.0 Å². The molecule has 1 amide bonds. The molecule has 0 saturated carbocycles. The number of halogens is 1. The second-order valence-corrected chi connectivity index (χ2v) is 8.27. The molecule has 0 spiro atoms. The minimum atomic E-state index is -0.748. The predicted molar refractivity (Wildman–Crippen MR) is 124 cm³/mol. The summed E-state index contributed by atoms with van der Waals surface area (Å²) in [5, 5.41) is 11.8. The summed E-state index contributed by atoms with van der Waals surface area (Å²) in [6.07, 6.45) is 0.555. The van der Waals surface area contributed by atoms with Crippen LogP contribution >= 0.6 is 11.6 Å². The average molecular weight is 470 g/mol. The molecule has 0 aliphatic carbocycles. The van der Waals surface area contributed by atoms with Gasteiger partial charge in [-0.1, -0.05) is 35.9 Å². The second kappa shape index (κ2) is 9.29. The number of aryl methyl sites for hydroxylation is 1. The van der Waals surface area contributed by atoms with Crippen molar-refractivity contribution in [3.8, 4) is 5.75 Å². The lowest BCUT2D eigenvalue weighted by Crippen LogP contribution is -2.33. The van der Waals surface area contributed by atoms with Crippen LogP contribution in [0.1, 0.15) is 34.1 Å². The number of benzene rings is 2. The molecule has 0 fully saturated rings. The molecule has 1 aliphatic rings. The maximum absolute atomic E-state index is 13.6. The normalized spacial score (nSPS) is 16.2. The van der Waals surface area contributed by atoms with Crippen LogP contribution in [-0.4, -0.2) is 49.1 Å². The molecule has 8 heteroatoms. The van der Waals surface area contributed by atoms with Crippen LogP contribution in [0.5, 0.6) is 5.75 Å². The molecule has 1 aromatic heterocycles. The Bertz CT molecular complexity index is 1260. The highest BCUT2D eigenvalue weighted by molar-refractivity contribution is 6.31. The van der Waals surface area contributed by atoms with Gasteiger partial charge in [-0.2, -0.15) is 0 Å². The van der Waals surface area contributed by atoms with Crippen molar-refractivity contribution in [3.63, 3.8) is 0 Å². The van der Waals surface area contributed by atoms with Crippen LogP contribution in [0.3, 0.4) is 0 Å². The van der Waals surface area contributed by atoms with E-state index >= 15 is 0 Å². The first kappa shape index (κ1) is 22.9. The molecule has 2 aromatic carbocycles. The lowest BCUT2D eigenvalue weighted by atomic mass is 9.92. The highest BCUT2D eigenvalue weighted by Crippen LogP contribution is 2.41. The molecule has 0 bridgehead atoms. The molecular weight excluding hydrogens is 446 g/mol. The lowest BCUT2D eigenvalue weighted by molar-refractivity contribution is -0.129. The van der Waals surface area contributed by atoms with Crippen LogP contribution in [0.4, 0.5) is 0 Å². The van der Waals surface area contributed by atoms with E-state index in [4.69, 9.17) is 25.5 Å². The quantitative estimate of drug-likeness (QED) is 0.368. The first-order chi connectivity index (χ1) is 15.9. The van der Waals surface area contributed by atoms with E-state index in [0.29, 0.717) is 41.3 Å². The number of hydrogen-bond donors (Lipinski definition) is 1. The molecule has 1 aliphatic heterocycles. The Kier molecular flexibility index (Phi) is 6.44. The fourth-order valence-electron chi connectivity index (χ4n) is 4.19. The van der Waals surface area contributed by atoms with Gasteiger partial charge in [-0.05, 0) is 36.6 Å². The monoisotopic (exact) mass is 469 g/mol. The Labute approximate surface area is 196 Å². The van der Waals surface area contributed by atoms with Gasteiger partial charge in [0, 0.05) is 36.7 Å². The first-order valence-corrected chi connectivity index (χ1v) is 10.9. The minimum absolute atomic E-state index is 0.0164. The summed E-state index contributed by atoms with van der Waals surface area (Å²) >= 11 is 6.14. The number of Topliss-reactive ketones (excluding diaryl/α,β-unsaturated/α-hetero) is 1. The van der Waals surface area contributed by atoms with Gasteiger partial charge >= 0.3 is 0 Å². The van der Waals surface area contributed by atoms with Crippen molar-refractivity contribution >= 4 is 34.3 Å². The number of carbonyl (C=O) groups excluding carboxylic acids is 2. The Morgan fingerprint density at radius 2 is 1.97 bits per heavy atom. The molecule has 0 saturated heterocycles. The molecule has 2 heterocycles. The van der Waals surface area contributed by atoms with Gasteiger partial charge in [0.2, 0.25) is 5.78 Å². The van der Waals surface area contributed by atoms with Gasteiger partial charge in [0.25, 0.3) is 5.91 Å². The Morgan fingerprint density at radius 3 is 2.67 bits per heavy atom. The fraction of sp³-hybridized carbons (Fsp3) is 0.280. The average Bonchev–Trinajstić information content (AvgIpc) is 3.33. The molecule has 1 atom stereocenters. The third-order valence-corrected chi connectivity index (χ3v) is 5.99. The largest absolute Gasteiger partial charge is 0.503 e. The van der Waals surface area contributed by atoms with Gasteiger partial charge in [-0.3, -0.25) is 9.59 Å². The van der Waals surface area contributed by atoms with Crippen molar-refractivity contribution in [2.24, 2.45) is 0 Å². The van der Waals surface area contributed by atoms with E-state index < -0.39 is 23.5 Å². The number of aliphatic hydroxyl groups is 1. The number of aliphatic hydroxyl groups excluding tert-OH is 1. The number of furan rings is 1. The third kappa shape index (κ3) is 4.10. The topological polar surface area (TPSA) is 89.2 Å². The van der Waals surface area contributed by atoms with Gasteiger partial charge < -0.3 is 23.9 Å². The molecular formula is C25H24ClNO6.